The lowest BCUT2D eigenvalue weighted by atomic mass is 10.1. The zero-order chi connectivity index (χ0) is 19.4. The van der Waals surface area contributed by atoms with Crippen molar-refractivity contribution < 1.29 is 4.79 Å². The quantitative estimate of drug-likeness (QED) is 0.675. The van der Waals surface area contributed by atoms with E-state index in [1.54, 1.807) is 12.1 Å². The lowest BCUT2D eigenvalue weighted by Gasteiger charge is -2.13. The van der Waals surface area contributed by atoms with Crippen LogP contribution in [0.1, 0.15) is 39.8 Å². The third kappa shape index (κ3) is 4.50. The molecular formula is C22H24N4O. The summed E-state index contributed by atoms with van der Waals surface area (Å²) in [5, 5.41) is 6.23. The predicted molar refractivity (Wildman–Crippen MR) is 110 cm³/mol. The number of hydrogen-bond donors (Lipinski definition) is 2. The molecule has 2 aromatic carbocycles. The van der Waals surface area contributed by atoms with Crippen molar-refractivity contribution in [2.75, 3.05) is 10.6 Å². The van der Waals surface area contributed by atoms with Gasteiger partial charge in [0.15, 0.2) is 0 Å². The number of aromatic nitrogens is 2. The minimum absolute atomic E-state index is 0.135. The van der Waals surface area contributed by atoms with Crippen molar-refractivity contribution in [2.45, 2.75) is 34.1 Å². The SMILES string of the molecule is CCc1cccc(C)c1NC(=O)c1cccc(Nc2nc(C)cc(C)n2)c1. The summed E-state index contributed by atoms with van der Waals surface area (Å²) in [6, 6.07) is 15.3. The summed E-state index contributed by atoms with van der Waals surface area (Å²) in [7, 11) is 0. The van der Waals surface area contributed by atoms with Crippen molar-refractivity contribution >= 4 is 23.2 Å². The summed E-state index contributed by atoms with van der Waals surface area (Å²) in [5.74, 6) is 0.390. The molecule has 0 radical (unpaired) electrons. The Balaban J connectivity index is 1.82. The lowest BCUT2D eigenvalue weighted by molar-refractivity contribution is 0.102. The van der Waals surface area contributed by atoms with Gasteiger partial charge < -0.3 is 10.6 Å². The van der Waals surface area contributed by atoms with Crippen molar-refractivity contribution in [1.29, 1.82) is 0 Å². The summed E-state index contributed by atoms with van der Waals surface area (Å²) < 4.78 is 0. The van der Waals surface area contributed by atoms with E-state index in [2.05, 4.69) is 27.5 Å². The summed E-state index contributed by atoms with van der Waals surface area (Å²) in [5.41, 5.74) is 6.21. The van der Waals surface area contributed by atoms with Gasteiger partial charge in [0.25, 0.3) is 5.91 Å². The molecule has 0 bridgehead atoms. The molecule has 1 amide bonds. The van der Waals surface area contributed by atoms with Crippen LogP contribution in [0.5, 0.6) is 0 Å². The number of hydrogen-bond acceptors (Lipinski definition) is 4. The number of nitrogens with one attached hydrogen (secondary N) is 2. The molecule has 5 nitrogen and oxygen atoms in total. The summed E-state index contributed by atoms with van der Waals surface area (Å²) in [6.45, 7) is 7.94. The van der Waals surface area contributed by atoms with E-state index in [9.17, 15) is 4.79 Å². The summed E-state index contributed by atoms with van der Waals surface area (Å²) in [6.07, 6.45) is 0.864. The first-order valence-corrected chi connectivity index (χ1v) is 9.05. The molecule has 0 aliphatic rings. The highest BCUT2D eigenvalue weighted by molar-refractivity contribution is 6.05. The minimum Gasteiger partial charge on any atom is -0.324 e. The second-order valence-electron chi connectivity index (χ2n) is 6.60. The minimum atomic E-state index is -0.135. The molecule has 0 aliphatic heterocycles. The van der Waals surface area contributed by atoms with E-state index in [0.29, 0.717) is 11.5 Å². The number of benzene rings is 2. The molecule has 1 heterocycles. The molecule has 0 atom stereocenters. The van der Waals surface area contributed by atoms with Crippen molar-refractivity contribution in [2.24, 2.45) is 0 Å². The summed E-state index contributed by atoms with van der Waals surface area (Å²) >= 11 is 0. The number of anilines is 3. The Kier molecular flexibility index (Phi) is 5.50. The van der Waals surface area contributed by atoms with E-state index < -0.39 is 0 Å². The van der Waals surface area contributed by atoms with Gasteiger partial charge in [0.1, 0.15) is 0 Å². The van der Waals surface area contributed by atoms with Gasteiger partial charge in [0.2, 0.25) is 5.95 Å². The number of para-hydroxylation sites is 1. The standard InChI is InChI=1S/C22H24N4O/c1-5-17-9-6-8-14(2)20(17)26-21(27)18-10-7-11-19(13-18)25-22-23-15(3)12-16(4)24-22/h6-13H,5H2,1-4H3,(H,26,27)(H,23,24,25). The average molecular weight is 360 g/mol. The summed E-state index contributed by atoms with van der Waals surface area (Å²) in [4.78, 5) is 21.5. The molecule has 0 spiro atoms. The normalized spacial score (nSPS) is 10.5. The van der Waals surface area contributed by atoms with Crippen LogP contribution in [-0.2, 0) is 6.42 Å². The maximum absolute atomic E-state index is 12.8. The fourth-order valence-electron chi connectivity index (χ4n) is 3.04. The Morgan fingerprint density at radius 3 is 2.37 bits per heavy atom. The fourth-order valence-corrected chi connectivity index (χ4v) is 3.04. The van der Waals surface area contributed by atoms with Crippen LogP contribution in [0.3, 0.4) is 0 Å². The van der Waals surface area contributed by atoms with Crippen LogP contribution in [0.25, 0.3) is 0 Å². The van der Waals surface area contributed by atoms with Gasteiger partial charge in [-0.1, -0.05) is 31.2 Å². The van der Waals surface area contributed by atoms with E-state index in [4.69, 9.17) is 0 Å². The van der Waals surface area contributed by atoms with Gasteiger partial charge in [-0.25, -0.2) is 9.97 Å². The zero-order valence-electron chi connectivity index (χ0n) is 16.1. The van der Waals surface area contributed by atoms with Crippen molar-refractivity contribution in [3.8, 4) is 0 Å². The first kappa shape index (κ1) is 18.6. The van der Waals surface area contributed by atoms with Crippen molar-refractivity contribution in [1.82, 2.24) is 9.97 Å². The molecule has 0 unspecified atom stereocenters. The van der Waals surface area contributed by atoms with Crippen LogP contribution in [0.15, 0.2) is 48.5 Å². The Bertz CT molecular complexity index is 962. The van der Waals surface area contributed by atoms with Gasteiger partial charge in [-0.05, 0) is 62.6 Å². The van der Waals surface area contributed by atoms with Crippen LogP contribution in [0.2, 0.25) is 0 Å². The van der Waals surface area contributed by atoms with Crippen LogP contribution in [0.4, 0.5) is 17.3 Å². The molecule has 3 rings (SSSR count). The number of nitrogens with zero attached hydrogens (tertiary/aromatic N) is 2. The van der Waals surface area contributed by atoms with E-state index in [0.717, 1.165) is 40.3 Å². The fraction of sp³-hybridized carbons (Fsp3) is 0.227. The maximum Gasteiger partial charge on any atom is 0.255 e. The zero-order valence-corrected chi connectivity index (χ0v) is 16.1. The highest BCUT2D eigenvalue weighted by Crippen LogP contribution is 2.23. The molecule has 1 aromatic heterocycles. The van der Waals surface area contributed by atoms with Gasteiger partial charge in [-0.15, -0.1) is 0 Å². The molecule has 27 heavy (non-hydrogen) atoms. The Hall–Kier alpha value is -3.21. The molecule has 0 saturated carbocycles. The molecule has 0 fully saturated rings. The predicted octanol–water partition coefficient (Wildman–Crippen LogP) is 4.96. The van der Waals surface area contributed by atoms with E-state index >= 15 is 0 Å². The topological polar surface area (TPSA) is 66.9 Å². The van der Waals surface area contributed by atoms with Crippen LogP contribution in [-0.4, -0.2) is 15.9 Å². The van der Waals surface area contributed by atoms with Crippen molar-refractivity contribution in [3.05, 3.63) is 76.6 Å². The molecule has 0 saturated heterocycles. The number of carbonyl (C=O) groups is 1. The van der Waals surface area contributed by atoms with Gasteiger partial charge >= 0.3 is 0 Å². The van der Waals surface area contributed by atoms with Crippen LogP contribution < -0.4 is 10.6 Å². The lowest BCUT2D eigenvalue weighted by Crippen LogP contribution is -2.14. The maximum atomic E-state index is 12.8. The highest BCUT2D eigenvalue weighted by atomic mass is 16.1. The average Bonchev–Trinajstić information content (AvgIpc) is 2.62. The number of amides is 1. The Morgan fingerprint density at radius 1 is 0.963 bits per heavy atom. The molecule has 0 aliphatic carbocycles. The van der Waals surface area contributed by atoms with E-state index in [1.807, 2.05) is 57.2 Å². The van der Waals surface area contributed by atoms with Gasteiger partial charge in [0.05, 0.1) is 0 Å². The molecular weight excluding hydrogens is 336 g/mol. The highest BCUT2D eigenvalue weighted by Gasteiger charge is 2.11. The Morgan fingerprint density at radius 2 is 1.67 bits per heavy atom. The molecule has 2 N–H and O–H groups in total. The molecule has 138 valence electrons. The smallest absolute Gasteiger partial charge is 0.255 e. The van der Waals surface area contributed by atoms with Crippen LogP contribution >= 0.6 is 0 Å². The third-order valence-electron chi connectivity index (χ3n) is 4.34. The molecule has 5 heteroatoms. The van der Waals surface area contributed by atoms with Gasteiger partial charge in [-0.3, -0.25) is 4.79 Å². The third-order valence-corrected chi connectivity index (χ3v) is 4.34. The second-order valence-corrected chi connectivity index (χ2v) is 6.60. The monoisotopic (exact) mass is 360 g/mol. The van der Waals surface area contributed by atoms with E-state index in [1.165, 1.54) is 0 Å². The number of aryl methyl sites for hydroxylation is 4. The van der Waals surface area contributed by atoms with Crippen molar-refractivity contribution in [3.63, 3.8) is 0 Å². The van der Waals surface area contributed by atoms with Gasteiger partial charge in [0, 0.05) is 28.3 Å². The van der Waals surface area contributed by atoms with Crippen LogP contribution in [0, 0.1) is 20.8 Å². The number of carbonyl (C=O) groups excluding carboxylic acids is 1. The number of rotatable bonds is 5. The first-order valence-electron chi connectivity index (χ1n) is 9.05. The Labute approximate surface area is 159 Å². The first-order chi connectivity index (χ1) is 13.0. The van der Waals surface area contributed by atoms with E-state index in [-0.39, 0.29) is 5.91 Å². The second kappa shape index (κ2) is 7.99. The van der Waals surface area contributed by atoms with Gasteiger partial charge in [-0.2, -0.15) is 0 Å². The largest absolute Gasteiger partial charge is 0.324 e. The molecule has 3 aromatic rings.